The van der Waals surface area contributed by atoms with Gasteiger partial charge in [0.25, 0.3) is 0 Å². The predicted molar refractivity (Wildman–Crippen MR) is 110 cm³/mol. The highest BCUT2D eigenvalue weighted by Crippen LogP contribution is 2.36. The zero-order valence-corrected chi connectivity index (χ0v) is 17.6. The number of sulfonamides is 1. The SMILES string of the molecule is CNC[C@@H]1Oc2cc(-c3ccccc3F)ccc2S(=O)(=O)N([C@H](C)CO)C[C@H]1C. The van der Waals surface area contributed by atoms with Crippen molar-refractivity contribution in [3.05, 3.63) is 48.3 Å². The standard InChI is InChI=1S/C21H27FN2O4S/c1-14-12-24(15(2)13-25)29(26,27)21-9-8-16(17-6-4-5-7-18(17)22)10-19(21)28-20(14)11-23-3/h4-10,14-15,20,23,25H,11-13H2,1-3H3/t14-,15-,20+/m1/s1. The third kappa shape index (κ3) is 4.30. The van der Waals surface area contributed by atoms with Gasteiger partial charge in [-0.05, 0) is 37.7 Å². The number of rotatable bonds is 5. The van der Waals surface area contributed by atoms with Gasteiger partial charge in [-0.1, -0.05) is 31.2 Å². The number of benzene rings is 2. The Bertz CT molecular complexity index is 967. The first-order valence-electron chi connectivity index (χ1n) is 9.62. The second-order valence-electron chi connectivity index (χ2n) is 7.44. The molecule has 0 aliphatic carbocycles. The van der Waals surface area contributed by atoms with Gasteiger partial charge < -0.3 is 15.2 Å². The number of aliphatic hydroxyl groups is 1. The zero-order chi connectivity index (χ0) is 21.2. The van der Waals surface area contributed by atoms with Gasteiger partial charge in [-0.2, -0.15) is 4.31 Å². The summed E-state index contributed by atoms with van der Waals surface area (Å²) in [5.74, 6) is -0.332. The summed E-state index contributed by atoms with van der Waals surface area (Å²) in [6.45, 7) is 4.05. The molecule has 158 valence electrons. The molecule has 0 saturated carbocycles. The minimum absolute atomic E-state index is 0.0193. The molecule has 0 amide bonds. The number of likely N-dealkylation sites (N-methyl/N-ethyl adjacent to an activating group) is 1. The average Bonchev–Trinajstić information content (AvgIpc) is 2.70. The molecule has 0 spiro atoms. The molecule has 8 heteroatoms. The summed E-state index contributed by atoms with van der Waals surface area (Å²) >= 11 is 0. The van der Waals surface area contributed by atoms with Gasteiger partial charge >= 0.3 is 0 Å². The summed E-state index contributed by atoms with van der Waals surface area (Å²) in [5, 5.41) is 12.7. The maximum atomic E-state index is 14.3. The first-order valence-corrected chi connectivity index (χ1v) is 11.1. The van der Waals surface area contributed by atoms with Crippen molar-refractivity contribution in [2.24, 2.45) is 5.92 Å². The fourth-order valence-corrected chi connectivity index (χ4v) is 5.36. The van der Waals surface area contributed by atoms with Crippen molar-refractivity contribution < 1.29 is 22.7 Å². The third-order valence-corrected chi connectivity index (χ3v) is 7.28. The summed E-state index contributed by atoms with van der Waals surface area (Å²) in [6, 6.07) is 10.4. The van der Waals surface area contributed by atoms with Gasteiger partial charge in [-0.3, -0.25) is 0 Å². The fourth-order valence-electron chi connectivity index (χ4n) is 3.53. The van der Waals surface area contributed by atoms with E-state index in [9.17, 15) is 17.9 Å². The zero-order valence-electron chi connectivity index (χ0n) is 16.8. The number of nitrogens with one attached hydrogen (secondary N) is 1. The van der Waals surface area contributed by atoms with Gasteiger partial charge in [0.05, 0.1) is 6.61 Å². The highest BCUT2D eigenvalue weighted by atomic mass is 32.2. The van der Waals surface area contributed by atoms with Gasteiger partial charge in [0.2, 0.25) is 10.0 Å². The number of hydrogen-bond donors (Lipinski definition) is 2. The Kier molecular flexibility index (Phi) is 6.58. The first-order chi connectivity index (χ1) is 13.8. The van der Waals surface area contributed by atoms with Crippen LogP contribution < -0.4 is 10.1 Å². The lowest BCUT2D eigenvalue weighted by molar-refractivity contribution is 0.103. The molecule has 0 bridgehead atoms. The van der Waals surface area contributed by atoms with E-state index in [0.29, 0.717) is 17.7 Å². The van der Waals surface area contributed by atoms with Gasteiger partial charge in [-0.25, -0.2) is 12.8 Å². The van der Waals surface area contributed by atoms with Crippen molar-refractivity contribution in [1.82, 2.24) is 9.62 Å². The first kappa shape index (κ1) is 21.7. The van der Waals surface area contributed by atoms with Crippen LogP contribution in [-0.2, 0) is 10.0 Å². The van der Waals surface area contributed by atoms with Crippen LogP contribution in [0.1, 0.15) is 13.8 Å². The van der Waals surface area contributed by atoms with Crippen LogP contribution in [0.2, 0.25) is 0 Å². The third-order valence-electron chi connectivity index (χ3n) is 5.26. The maximum absolute atomic E-state index is 14.3. The highest BCUT2D eigenvalue weighted by Gasteiger charge is 2.37. The van der Waals surface area contributed by atoms with Crippen molar-refractivity contribution >= 4 is 10.0 Å². The molecule has 3 atom stereocenters. The van der Waals surface area contributed by atoms with Gasteiger partial charge in [0, 0.05) is 30.6 Å². The molecule has 1 aliphatic rings. The molecule has 0 aromatic heterocycles. The second-order valence-corrected chi connectivity index (χ2v) is 9.30. The highest BCUT2D eigenvalue weighted by molar-refractivity contribution is 7.89. The van der Waals surface area contributed by atoms with Gasteiger partial charge in [0.1, 0.15) is 22.6 Å². The molecule has 0 fully saturated rings. The quantitative estimate of drug-likeness (QED) is 0.774. The molecule has 2 N–H and O–H groups in total. The topological polar surface area (TPSA) is 78.9 Å². The second kappa shape index (κ2) is 8.79. The van der Waals surface area contributed by atoms with E-state index >= 15 is 0 Å². The summed E-state index contributed by atoms with van der Waals surface area (Å²) in [7, 11) is -2.10. The van der Waals surface area contributed by atoms with Crippen LogP contribution >= 0.6 is 0 Å². The fraction of sp³-hybridized carbons (Fsp3) is 0.429. The molecular weight excluding hydrogens is 395 g/mol. The largest absolute Gasteiger partial charge is 0.487 e. The van der Waals surface area contributed by atoms with Crippen molar-refractivity contribution in [2.45, 2.75) is 30.9 Å². The summed E-state index contributed by atoms with van der Waals surface area (Å²) in [4.78, 5) is 0.0193. The van der Waals surface area contributed by atoms with Crippen LogP contribution in [0, 0.1) is 11.7 Å². The van der Waals surface area contributed by atoms with E-state index in [1.165, 1.54) is 16.4 Å². The van der Waals surface area contributed by atoms with E-state index in [0.717, 1.165) is 0 Å². The van der Waals surface area contributed by atoms with Crippen molar-refractivity contribution in [1.29, 1.82) is 0 Å². The summed E-state index contributed by atoms with van der Waals surface area (Å²) in [6.07, 6.45) is -0.293. The Morgan fingerprint density at radius 3 is 2.69 bits per heavy atom. The van der Waals surface area contributed by atoms with Crippen LogP contribution in [-0.4, -0.2) is 56.7 Å². The van der Waals surface area contributed by atoms with Crippen LogP contribution in [0.15, 0.2) is 47.4 Å². The molecular formula is C21H27FN2O4S. The molecule has 3 rings (SSSR count). The van der Waals surface area contributed by atoms with Crippen LogP contribution in [0.25, 0.3) is 11.1 Å². The van der Waals surface area contributed by atoms with Crippen LogP contribution in [0.3, 0.4) is 0 Å². The smallest absolute Gasteiger partial charge is 0.247 e. The number of ether oxygens (including phenoxy) is 1. The average molecular weight is 423 g/mol. The molecule has 0 saturated heterocycles. The monoisotopic (exact) mass is 422 g/mol. The number of fused-ring (bicyclic) bond motifs is 1. The lowest BCUT2D eigenvalue weighted by Crippen LogP contribution is -2.49. The number of nitrogens with zero attached hydrogens (tertiary/aromatic N) is 1. The minimum atomic E-state index is -3.90. The lowest BCUT2D eigenvalue weighted by Gasteiger charge is -2.36. The number of halogens is 1. The molecule has 0 radical (unpaired) electrons. The van der Waals surface area contributed by atoms with Crippen molar-refractivity contribution in [2.75, 3.05) is 26.7 Å². The molecule has 1 heterocycles. The number of aliphatic hydroxyl groups excluding tert-OH is 1. The molecule has 6 nitrogen and oxygen atoms in total. The molecule has 29 heavy (non-hydrogen) atoms. The Morgan fingerprint density at radius 2 is 2.03 bits per heavy atom. The van der Waals surface area contributed by atoms with Gasteiger partial charge in [-0.15, -0.1) is 0 Å². The van der Waals surface area contributed by atoms with E-state index in [-0.39, 0.29) is 35.8 Å². The Balaban J connectivity index is 2.17. The van der Waals surface area contributed by atoms with Crippen molar-refractivity contribution in [3.63, 3.8) is 0 Å². The normalized spacial score (nSPS) is 22.8. The predicted octanol–water partition coefficient (Wildman–Crippen LogP) is 2.48. The van der Waals surface area contributed by atoms with E-state index in [4.69, 9.17) is 4.74 Å². The summed E-state index contributed by atoms with van der Waals surface area (Å²) in [5.41, 5.74) is 0.910. The molecule has 1 aliphatic heterocycles. The lowest BCUT2D eigenvalue weighted by atomic mass is 10.0. The van der Waals surface area contributed by atoms with E-state index in [2.05, 4.69) is 5.32 Å². The van der Waals surface area contributed by atoms with Crippen LogP contribution in [0.5, 0.6) is 5.75 Å². The molecule has 2 aromatic carbocycles. The minimum Gasteiger partial charge on any atom is -0.487 e. The number of hydrogen-bond acceptors (Lipinski definition) is 5. The molecule has 0 unspecified atom stereocenters. The van der Waals surface area contributed by atoms with Gasteiger partial charge in [0.15, 0.2) is 0 Å². The van der Waals surface area contributed by atoms with Crippen LogP contribution in [0.4, 0.5) is 4.39 Å². The molecule has 2 aromatic rings. The van der Waals surface area contributed by atoms with Crippen molar-refractivity contribution in [3.8, 4) is 16.9 Å². The van der Waals surface area contributed by atoms with E-state index in [1.807, 2.05) is 6.92 Å². The van der Waals surface area contributed by atoms with E-state index in [1.54, 1.807) is 44.3 Å². The Labute approximate surface area is 171 Å². The van der Waals surface area contributed by atoms with E-state index < -0.39 is 21.9 Å². The summed E-state index contributed by atoms with van der Waals surface area (Å²) < 4.78 is 48.4. The Hall–Kier alpha value is -2.00. The Morgan fingerprint density at radius 1 is 1.31 bits per heavy atom. The maximum Gasteiger partial charge on any atom is 0.247 e.